The highest BCUT2D eigenvalue weighted by molar-refractivity contribution is 6.31. The maximum Gasteiger partial charge on any atom is 0.261 e. The summed E-state index contributed by atoms with van der Waals surface area (Å²) in [6.07, 6.45) is 3.79. The van der Waals surface area contributed by atoms with Crippen molar-refractivity contribution >= 4 is 28.4 Å². The van der Waals surface area contributed by atoms with Gasteiger partial charge in [0.15, 0.2) is 0 Å². The van der Waals surface area contributed by atoms with Crippen LogP contribution < -0.4 is 11.3 Å². The van der Waals surface area contributed by atoms with Crippen molar-refractivity contribution in [1.82, 2.24) is 14.5 Å². The Morgan fingerprint density at radius 3 is 2.35 bits per heavy atom. The first-order valence-electron chi connectivity index (χ1n) is 12.7. The molecule has 0 bridgehead atoms. The molecule has 0 radical (unpaired) electrons. The summed E-state index contributed by atoms with van der Waals surface area (Å²) in [7, 11) is 1.70. The lowest BCUT2D eigenvalue weighted by Crippen LogP contribution is -2.38. The van der Waals surface area contributed by atoms with Crippen LogP contribution in [0.2, 0.25) is 5.02 Å². The zero-order valence-corrected chi connectivity index (χ0v) is 22.1. The Kier molecular flexibility index (Phi) is 8.74. The molecule has 2 N–H and O–H groups in total. The molecule has 1 amide bonds. The van der Waals surface area contributed by atoms with Crippen molar-refractivity contribution in [3.8, 4) is 11.1 Å². The molecule has 0 aliphatic carbocycles. The van der Waals surface area contributed by atoms with Gasteiger partial charge in [-0.2, -0.15) is 0 Å². The number of rotatable bonds is 10. The molecule has 37 heavy (non-hydrogen) atoms. The highest BCUT2D eigenvalue weighted by Gasteiger charge is 2.26. The number of carbonyl (C=O) groups is 1. The molecule has 1 heterocycles. The number of nitrogens with zero attached hydrogens (tertiary/aromatic N) is 3. The molecule has 0 aliphatic rings. The standard InChI is InChI=1S/C30H33ClN4O2/c1-21(28-33-27-20-25(31)16-17-26(27)30(37)34(28)2)35(19-9-4-3-8-18-32)29(36)24-14-12-23(13-15-24)22-10-6-5-7-11-22/h5-7,10-17,20-21H,3-4,8-9,18-19,32H2,1-2H3. The number of carbonyl (C=O) groups excluding carboxylic acids is 1. The summed E-state index contributed by atoms with van der Waals surface area (Å²) in [6.45, 7) is 3.14. The molecule has 0 spiro atoms. The van der Waals surface area contributed by atoms with Crippen molar-refractivity contribution < 1.29 is 4.79 Å². The van der Waals surface area contributed by atoms with Crippen molar-refractivity contribution in [1.29, 1.82) is 0 Å². The first kappa shape index (κ1) is 26.6. The van der Waals surface area contributed by atoms with Gasteiger partial charge in [-0.15, -0.1) is 0 Å². The lowest BCUT2D eigenvalue weighted by Gasteiger charge is -2.30. The molecule has 1 atom stereocenters. The first-order valence-corrected chi connectivity index (χ1v) is 13.1. The molecule has 4 rings (SSSR count). The van der Waals surface area contributed by atoms with E-state index in [9.17, 15) is 9.59 Å². The molecule has 0 aliphatic heterocycles. The second-order valence-electron chi connectivity index (χ2n) is 9.32. The molecule has 1 unspecified atom stereocenters. The predicted molar refractivity (Wildman–Crippen MR) is 151 cm³/mol. The number of aromatic nitrogens is 2. The lowest BCUT2D eigenvalue weighted by molar-refractivity contribution is 0.0676. The van der Waals surface area contributed by atoms with E-state index in [4.69, 9.17) is 22.3 Å². The van der Waals surface area contributed by atoms with Gasteiger partial charge in [0.2, 0.25) is 0 Å². The quantitative estimate of drug-likeness (QED) is 0.263. The summed E-state index contributed by atoms with van der Waals surface area (Å²) < 4.78 is 1.54. The van der Waals surface area contributed by atoms with Gasteiger partial charge in [0.1, 0.15) is 5.82 Å². The average Bonchev–Trinajstić information content (AvgIpc) is 2.92. The summed E-state index contributed by atoms with van der Waals surface area (Å²) in [5, 5.41) is 1.01. The van der Waals surface area contributed by atoms with Crippen LogP contribution in [0.25, 0.3) is 22.0 Å². The zero-order chi connectivity index (χ0) is 26.4. The Morgan fingerprint density at radius 2 is 1.65 bits per heavy atom. The molecule has 1 aromatic heterocycles. The fraction of sp³-hybridized carbons (Fsp3) is 0.300. The van der Waals surface area contributed by atoms with Gasteiger partial charge < -0.3 is 10.6 Å². The molecule has 0 fully saturated rings. The minimum atomic E-state index is -0.420. The number of nitrogens with two attached hydrogens (primary N) is 1. The van der Waals surface area contributed by atoms with E-state index in [0.717, 1.165) is 36.8 Å². The van der Waals surface area contributed by atoms with Gasteiger partial charge in [-0.3, -0.25) is 14.2 Å². The Labute approximate surface area is 222 Å². The number of fused-ring (bicyclic) bond motifs is 1. The molecule has 0 saturated carbocycles. The van der Waals surface area contributed by atoms with E-state index in [1.165, 1.54) is 4.57 Å². The van der Waals surface area contributed by atoms with E-state index in [1.54, 1.807) is 25.2 Å². The van der Waals surface area contributed by atoms with Gasteiger partial charge in [-0.25, -0.2) is 4.98 Å². The van der Waals surface area contributed by atoms with Crippen LogP contribution in [0.1, 0.15) is 54.8 Å². The van der Waals surface area contributed by atoms with Crippen LogP contribution in [0, 0.1) is 0 Å². The van der Waals surface area contributed by atoms with Gasteiger partial charge in [0, 0.05) is 24.2 Å². The summed E-state index contributed by atoms with van der Waals surface area (Å²) in [5.41, 5.74) is 8.76. The summed E-state index contributed by atoms with van der Waals surface area (Å²) in [5.74, 6) is 0.433. The largest absolute Gasteiger partial charge is 0.330 e. The number of halogens is 1. The Morgan fingerprint density at radius 1 is 0.973 bits per heavy atom. The Balaban J connectivity index is 1.66. The molecular formula is C30H33ClN4O2. The summed E-state index contributed by atoms with van der Waals surface area (Å²) in [4.78, 5) is 33.5. The van der Waals surface area contributed by atoms with Crippen molar-refractivity contribution in [2.24, 2.45) is 12.8 Å². The third-order valence-corrected chi connectivity index (χ3v) is 7.00. The van der Waals surface area contributed by atoms with E-state index >= 15 is 0 Å². The third-order valence-electron chi connectivity index (χ3n) is 6.77. The molecule has 7 heteroatoms. The highest BCUT2D eigenvalue weighted by Crippen LogP contribution is 2.25. The topological polar surface area (TPSA) is 81.2 Å². The number of hydrogen-bond donors (Lipinski definition) is 1. The van der Waals surface area contributed by atoms with E-state index in [2.05, 4.69) is 0 Å². The van der Waals surface area contributed by atoms with Crippen molar-refractivity contribution in [2.75, 3.05) is 13.1 Å². The molecule has 4 aromatic rings. The smallest absolute Gasteiger partial charge is 0.261 e. The van der Waals surface area contributed by atoms with E-state index < -0.39 is 6.04 Å². The van der Waals surface area contributed by atoms with Crippen molar-refractivity contribution in [3.05, 3.63) is 99.6 Å². The Hall–Kier alpha value is -3.48. The zero-order valence-electron chi connectivity index (χ0n) is 21.4. The number of hydrogen-bond acceptors (Lipinski definition) is 4. The van der Waals surface area contributed by atoms with Crippen molar-refractivity contribution in [2.45, 2.75) is 38.6 Å². The molecule has 3 aromatic carbocycles. The van der Waals surface area contributed by atoms with E-state index in [-0.39, 0.29) is 11.5 Å². The van der Waals surface area contributed by atoms with Crippen LogP contribution in [0.15, 0.2) is 77.6 Å². The summed E-state index contributed by atoms with van der Waals surface area (Å²) >= 11 is 6.18. The fourth-order valence-corrected chi connectivity index (χ4v) is 4.79. The van der Waals surface area contributed by atoms with Gasteiger partial charge in [0.25, 0.3) is 11.5 Å². The maximum atomic E-state index is 13.8. The monoisotopic (exact) mass is 516 g/mol. The lowest BCUT2D eigenvalue weighted by atomic mass is 10.0. The third kappa shape index (κ3) is 6.09. The van der Waals surface area contributed by atoms with Crippen LogP contribution in [-0.2, 0) is 7.05 Å². The van der Waals surface area contributed by atoms with Crippen molar-refractivity contribution in [3.63, 3.8) is 0 Å². The van der Waals surface area contributed by atoms with Crippen LogP contribution in [0.4, 0.5) is 0 Å². The summed E-state index contributed by atoms with van der Waals surface area (Å²) in [6, 6.07) is 22.4. The van der Waals surface area contributed by atoms with Gasteiger partial charge >= 0.3 is 0 Å². The minimum absolute atomic E-state index is 0.0913. The fourth-order valence-electron chi connectivity index (χ4n) is 4.63. The van der Waals surface area contributed by atoms with Crippen LogP contribution in [0.5, 0.6) is 0 Å². The van der Waals surface area contributed by atoms with Gasteiger partial charge in [-0.1, -0.05) is 66.9 Å². The van der Waals surface area contributed by atoms with E-state index in [0.29, 0.717) is 40.4 Å². The van der Waals surface area contributed by atoms with Crippen LogP contribution in [0.3, 0.4) is 0 Å². The van der Waals surface area contributed by atoms with Gasteiger partial charge in [-0.05, 0) is 67.8 Å². The second-order valence-corrected chi connectivity index (χ2v) is 9.75. The SMILES string of the molecule is CC(c1nc2cc(Cl)ccc2c(=O)n1C)N(CCCCCCN)C(=O)c1ccc(-c2ccccc2)cc1. The highest BCUT2D eigenvalue weighted by atomic mass is 35.5. The number of amides is 1. The second kappa shape index (κ2) is 12.2. The van der Waals surface area contributed by atoms with E-state index in [1.807, 2.05) is 66.4 Å². The maximum absolute atomic E-state index is 13.8. The molecule has 6 nitrogen and oxygen atoms in total. The normalized spacial score (nSPS) is 12.0. The van der Waals surface area contributed by atoms with Crippen LogP contribution >= 0.6 is 11.6 Å². The minimum Gasteiger partial charge on any atom is -0.330 e. The molecule has 0 saturated heterocycles. The van der Waals surface area contributed by atoms with Gasteiger partial charge in [0.05, 0.1) is 16.9 Å². The first-order chi connectivity index (χ1) is 17.9. The molecule has 192 valence electrons. The molecular weight excluding hydrogens is 484 g/mol. The number of benzene rings is 3. The predicted octanol–water partition coefficient (Wildman–Crippen LogP) is 5.98. The average molecular weight is 517 g/mol. The van der Waals surface area contributed by atoms with Crippen LogP contribution in [-0.4, -0.2) is 33.4 Å². The Bertz CT molecular complexity index is 1420. The number of unbranched alkanes of at least 4 members (excludes halogenated alkanes) is 3.